The first-order valence-corrected chi connectivity index (χ1v) is 2.06. The van der Waals surface area contributed by atoms with Gasteiger partial charge in [0.25, 0.3) is 0 Å². The van der Waals surface area contributed by atoms with Gasteiger partial charge >= 0.3 is 5.97 Å². The Kier molecular flexibility index (Phi) is 2.94. The number of hydrogen-bond donors (Lipinski definition) is 0. The Morgan fingerprint density at radius 2 is 2.50 bits per heavy atom. The minimum Gasteiger partial charge on any atom is -0.454 e. The van der Waals surface area contributed by atoms with Crippen molar-refractivity contribution < 1.29 is 9.53 Å². The zero-order valence-electron chi connectivity index (χ0n) is 3.43. The highest BCUT2D eigenvalue weighted by atomic mass is 32.1. The molecule has 0 spiro atoms. The molecule has 0 aliphatic heterocycles. The second kappa shape index (κ2) is 3.03. The van der Waals surface area contributed by atoms with Crippen LogP contribution in [-0.4, -0.2) is 11.9 Å². The van der Waals surface area contributed by atoms with E-state index in [1.54, 1.807) is 0 Å². The third kappa shape index (κ3) is 3.82. The van der Waals surface area contributed by atoms with E-state index in [9.17, 15) is 4.79 Å². The predicted octanol–water partition coefficient (Wildman–Crippen LogP) is 0.705. The summed E-state index contributed by atoms with van der Waals surface area (Å²) in [7, 11) is 0. The molecule has 0 amide bonds. The standard InChI is InChI=1S/C3H5O2S/c1-3(4)5-2-6/h2H2,1H3. The fraction of sp³-hybridized carbons (Fsp3) is 0.667. The third-order valence-electron chi connectivity index (χ3n) is 0.262. The van der Waals surface area contributed by atoms with Crippen molar-refractivity contribution in [3.05, 3.63) is 0 Å². The summed E-state index contributed by atoms with van der Waals surface area (Å²) in [4.78, 5) is 9.75. The first-order valence-electron chi connectivity index (χ1n) is 1.49. The van der Waals surface area contributed by atoms with Gasteiger partial charge in [-0.25, -0.2) is 0 Å². The fourth-order valence-electron chi connectivity index (χ4n) is 0.0830. The summed E-state index contributed by atoms with van der Waals surface area (Å²) in [5.41, 5.74) is 0. The van der Waals surface area contributed by atoms with Crippen molar-refractivity contribution in [3.63, 3.8) is 0 Å². The van der Waals surface area contributed by atoms with Crippen LogP contribution in [0.2, 0.25) is 0 Å². The molecule has 3 heteroatoms. The Morgan fingerprint density at radius 1 is 2.00 bits per heavy atom. The molecule has 0 fully saturated rings. The Morgan fingerprint density at radius 3 is 2.50 bits per heavy atom. The Bertz CT molecular complexity index is 52.8. The molecular formula is C3H5O2S. The minimum atomic E-state index is -0.315. The molecule has 0 aromatic rings. The normalized spacial score (nSPS) is 7.67. The maximum atomic E-state index is 9.75. The Labute approximate surface area is 41.9 Å². The SMILES string of the molecule is CC(=O)OC[S]. The molecule has 35 valence electrons. The molecule has 0 aromatic carbocycles. The summed E-state index contributed by atoms with van der Waals surface area (Å²) in [5.74, 6) is -0.250. The summed E-state index contributed by atoms with van der Waals surface area (Å²) in [6.07, 6.45) is 0. The lowest BCUT2D eigenvalue weighted by Gasteiger charge is -1.87. The number of ether oxygens (including phenoxy) is 1. The molecule has 0 N–H and O–H groups in total. The van der Waals surface area contributed by atoms with Gasteiger partial charge in [-0.1, -0.05) is 0 Å². The van der Waals surface area contributed by atoms with Crippen LogP contribution >= 0.6 is 12.6 Å². The van der Waals surface area contributed by atoms with Crippen molar-refractivity contribution in [1.82, 2.24) is 0 Å². The van der Waals surface area contributed by atoms with Gasteiger partial charge in [0.15, 0.2) is 0 Å². The van der Waals surface area contributed by atoms with E-state index in [4.69, 9.17) is 0 Å². The van der Waals surface area contributed by atoms with Crippen LogP contribution < -0.4 is 0 Å². The van der Waals surface area contributed by atoms with Gasteiger partial charge in [-0.15, -0.1) is 0 Å². The van der Waals surface area contributed by atoms with Gasteiger partial charge in [-0.3, -0.25) is 4.79 Å². The second-order valence-corrected chi connectivity index (χ2v) is 0.989. The van der Waals surface area contributed by atoms with Crippen molar-refractivity contribution in [2.45, 2.75) is 6.92 Å². The van der Waals surface area contributed by atoms with Gasteiger partial charge in [0.1, 0.15) is 5.94 Å². The molecule has 1 radical (unpaired) electrons. The van der Waals surface area contributed by atoms with Crippen LogP contribution in [0.1, 0.15) is 6.92 Å². The molecule has 0 bridgehead atoms. The molecular weight excluding hydrogens is 100 g/mol. The van der Waals surface area contributed by atoms with Crippen molar-refractivity contribution in [1.29, 1.82) is 0 Å². The summed E-state index contributed by atoms with van der Waals surface area (Å²) in [5, 5.41) is 0. The Hall–Kier alpha value is -0.180. The lowest BCUT2D eigenvalue weighted by atomic mass is 10.8. The van der Waals surface area contributed by atoms with E-state index in [1.807, 2.05) is 0 Å². The van der Waals surface area contributed by atoms with Gasteiger partial charge in [0.2, 0.25) is 0 Å². The summed E-state index contributed by atoms with van der Waals surface area (Å²) in [6.45, 7) is 1.33. The van der Waals surface area contributed by atoms with Gasteiger partial charge < -0.3 is 4.74 Å². The van der Waals surface area contributed by atoms with E-state index in [1.165, 1.54) is 6.92 Å². The van der Waals surface area contributed by atoms with E-state index in [-0.39, 0.29) is 11.9 Å². The molecule has 0 atom stereocenters. The largest absolute Gasteiger partial charge is 0.454 e. The van der Waals surface area contributed by atoms with Crippen LogP contribution in [-0.2, 0) is 9.53 Å². The van der Waals surface area contributed by atoms with Crippen LogP contribution in [0, 0.1) is 0 Å². The van der Waals surface area contributed by atoms with Gasteiger partial charge in [-0.05, 0) is 12.6 Å². The quantitative estimate of drug-likeness (QED) is 0.459. The summed E-state index contributed by atoms with van der Waals surface area (Å²) < 4.78 is 4.22. The van der Waals surface area contributed by atoms with E-state index in [0.29, 0.717) is 0 Å². The van der Waals surface area contributed by atoms with Crippen molar-refractivity contribution in [2.75, 3.05) is 5.94 Å². The third-order valence-corrected chi connectivity index (χ3v) is 0.380. The van der Waals surface area contributed by atoms with Crippen molar-refractivity contribution in [2.24, 2.45) is 0 Å². The fourth-order valence-corrected chi connectivity index (χ4v) is 0.249. The smallest absolute Gasteiger partial charge is 0.303 e. The molecule has 0 aliphatic rings. The lowest BCUT2D eigenvalue weighted by Crippen LogP contribution is -1.93. The Balaban J connectivity index is 2.83. The van der Waals surface area contributed by atoms with Gasteiger partial charge in [0, 0.05) is 6.92 Å². The maximum absolute atomic E-state index is 9.75. The molecule has 0 heterocycles. The average molecular weight is 105 g/mol. The van der Waals surface area contributed by atoms with Crippen LogP contribution in [0.25, 0.3) is 0 Å². The minimum absolute atomic E-state index is 0.0648. The van der Waals surface area contributed by atoms with Gasteiger partial charge in [0.05, 0.1) is 0 Å². The maximum Gasteiger partial charge on any atom is 0.303 e. The van der Waals surface area contributed by atoms with Crippen LogP contribution in [0.4, 0.5) is 0 Å². The van der Waals surface area contributed by atoms with E-state index < -0.39 is 0 Å². The number of esters is 1. The molecule has 2 nitrogen and oxygen atoms in total. The second-order valence-electron chi connectivity index (χ2n) is 0.754. The topological polar surface area (TPSA) is 26.3 Å². The molecule has 0 unspecified atom stereocenters. The first kappa shape index (κ1) is 5.82. The first-order chi connectivity index (χ1) is 2.77. The molecule has 0 aliphatic carbocycles. The molecule has 0 rings (SSSR count). The number of carbonyl (C=O) groups is 1. The predicted molar refractivity (Wildman–Crippen MR) is 24.2 cm³/mol. The number of rotatable bonds is 1. The highest BCUT2D eigenvalue weighted by Gasteiger charge is 1.82. The number of carbonyl (C=O) groups excluding carboxylic acids is 1. The highest BCUT2D eigenvalue weighted by Crippen LogP contribution is 1.76. The van der Waals surface area contributed by atoms with Crippen LogP contribution in [0.5, 0.6) is 0 Å². The van der Waals surface area contributed by atoms with Crippen molar-refractivity contribution >= 4 is 18.6 Å². The molecule has 0 aromatic heterocycles. The monoisotopic (exact) mass is 105 g/mol. The molecule has 0 saturated carbocycles. The van der Waals surface area contributed by atoms with E-state index in [2.05, 4.69) is 17.4 Å². The van der Waals surface area contributed by atoms with Crippen molar-refractivity contribution in [3.8, 4) is 0 Å². The zero-order valence-corrected chi connectivity index (χ0v) is 4.25. The van der Waals surface area contributed by atoms with Crippen LogP contribution in [0.15, 0.2) is 0 Å². The summed E-state index contributed by atoms with van der Waals surface area (Å²) in [6, 6.07) is 0. The van der Waals surface area contributed by atoms with E-state index in [0.717, 1.165) is 0 Å². The average Bonchev–Trinajstić information content (AvgIpc) is 1.35. The zero-order chi connectivity index (χ0) is 4.99. The van der Waals surface area contributed by atoms with E-state index >= 15 is 0 Å². The highest BCUT2D eigenvalue weighted by molar-refractivity contribution is 7.80. The van der Waals surface area contributed by atoms with Crippen LogP contribution in [0.3, 0.4) is 0 Å². The molecule has 0 saturated heterocycles. The van der Waals surface area contributed by atoms with Gasteiger partial charge in [-0.2, -0.15) is 0 Å². The lowest BCUT2D eigenvalue weighted by molar-refractivity contribution is -0.138. The summed E-state index contributed by atoms with van der Waals surface area (Å²) >= 11 is 4.29. The number of hydrogen-bond acceptors (Lipinski definition) is 2. The molecule has 6 heavy (non-hydrogen) atoms.